The van der Waals surface area contributed by atoms with E-state index >= 15 is 0 Å². The van der Waals surface area contributed by atoms with Gasteiger partial charge in [-0.05, 0) is 58.2 Å². The van der Waals surface area contributed by atoms with Crippen LogP contribution in [-0.4, -0.2) is 88.7 Å². The zero-order valence-corrected chi connectivity index (χ0v) is 22.4. The number of anilines is 1. The van der Waals surface area contributed by atoms with Crippen LogP contribution in [0.2, 0.25) is 0 Å². The first-order valence-electron chi connectivity index (χ1n) is 13.0. The lowest BCUT2D eigenvalue weighted by molar-refractivity contribution is -0.145. The number of nitrogens with zero attached hydrogens (tertiary/aromatic N) is 4. The number of aromatic nitrogens is 1. The highest BCUT2D eigenvalue weighted by Crippen LogP contribution is 2.43. The molecule has 3 aliphatic heterocycles. The van der Waals surface area contributed by atoms with E-state index in [0.29, 0.717) is 41.5 Å². The van der Waals surface area contributed by atoms with Crippen LogP contribution in [0.4, 0.5) is 9.80 Å². The fourth-order valence-corrected chi connectivity index (χ4v) is 7.16. The number of piperidine rings is 2. The number of amides is 5. The normalized spacial score (nSPS) is 23.5. The SMILES string of the molecule is CNC(=O)Nc1sc2ncccc2c1C(=O)N1CCC(N2CCCC3(CC(=O)N(C(C)C)C3=O)C2)CC1. The zero-order valence-electron chi connectivity index (χ0n) is 21.6. The van der Waals surface area contributed by atoms with E-state index < -0.39 is 5.41 Å². The molecule has 0 radical (unpaired) electrons. The van der Waals surface area contributed by atoms with Crippen LogP contribution in [0.3, 0.4) is 0 Å². The van der Waals surface area contributed by atoms with E-state index in [-0.39, 0.29) is 35.8 Å². The van der Waals surface area contributed by atoms with E-state index in [9.17, 15) is 19.2 Å². The minimum atomic E-state index is -0.602. The largest absolute Gasteiger partial charge is 0.341 e. The lowest BCUT2D eigenvalue weighted by Gasteiger charge is -2.45. The quantitative estimate of drug-likeness (QED) is 0.592. The molecule has 5 rings (SSSR count). The van der Waals surface area contributed by atoms with Crippen molar-refractivity contribution in [1.82, 2.24) is 25.0 Å². The zero-order chi connectivity index (χ0) is 26.3. The van der Waals surface area contributed by atoms with Gasteiger partial charge in [-0.1, -0.05) is 11.3 Å². The second-order valence-corrected chi connectivity index (χ2v) is 11.6. The smallest absolute Gasteiger partial charge is 0.319 e. The van der Waals surface area contributed by atoms with Gasteiger partial charge in [0.15, 0.2) is 0 Å². The van der Waals surface area contributed by atoms with Crippen LogP contribution >= 0.6 is 11.3 Å². The van der Waals surface area contributed by atoms with E-state index in [1.165, 1.54) is 23.3 Å². The van der Waals surface area contributed by atoms with Crippen LogP contribution in [0.25, 0.3) is 10.2 Å². The third kappa shape index (κ3) is 4.59. The fourth-order valence-electron chi connectivity index (χ4n) is 6.13. The van der Waals surface area contributed by atoms with Gasteiger partial charge in [0, 0.05) is 56.8 Å². The van der Waals surface area contributed by atoms with Gasteiger partial charge in [0.2, 0.25) is 11.8 Å². The summed E-state index contributed by atoms with van der Waals surface area (Å²) < 4.78 is 0. The summed E-state index contributed by atoms with van der Waals surface area (Å²) >= 11 is 1.29. The molecule has 1 spiro atoms. The molecule has 2 N–H and O–H groups in total. The van der Waals surface area contributed by atoms with Crippen LogP contribution in [-0.2, 0) is 9.59 Å². The van der Waals surface area contributed by atoms with Gasteiger partial charge in [-0.3, -0.25) is 29.5 Å². The second-order valence-electron chi connectivity index (χ2n) is 10.6. The lowest BCUT2D eigenvalue weighted by atomic mass is 9.77. The van der Waals surface area contributed by atoms with Gasteiger partial charge in [-0.15, -0.1) is 0 Å². The molecule has 0 saturated carbocycles. The number of rotatable bonds is 4. The monoisotopic (exact) mass is 526 g/mol. The Morgan fingerprint density at radius 3 is 2.62 bits per heavy atom. The number of likely N-dealkylation sites (tertiary alicyclic amines) is 3. The van der Waals surface area contributed by atoms with E-state index in [2.05, 4.69) is 20.5 Å². The average molecular weight is 527 g/mol. The highest BCUT2D eigenvalue weighted by atomic mass is 32.1. The molecular weight excluding hydrogens is 492 g/mol. The van der Waals surface area contributed by atoms with Crippen LogP contribution in [0.5, 0.6) is 0 Å². The van der Waals surface area contributed by atoms with Crippen molar-refractivity contribution in [2.24, 2.45) is 5.41 Å². The molecule has 0 aliphatic carbocycles. The van der Waals surface area contributed by atoms with Gasteiger partial charge in [0.25, 0.3) is 5.91 Å². The van der Waals surface area contributed by atoms with Crippen molar-refractivity contribution in [1.29, 1.82) is 0 Å². The number of carbonyl (C=O) groups excluding carboxylic acids is 4. The number of imide groups is 1. The number of carbonyl (C=O) groups is 4. The molecule has 5 heterocycles. The molecule has 0 bridgehead atoms. The maximum absolute atomic E-state index is 13.7. The lowest BCUT2D eigenvalue weighted by Crippen LogP contribution is -2.54. The van der Waals surface area contributed by atoms with Gasteiger partial charge >= 0.3 is 6.03 Å². The first-order valence-corrected chi connectivity index (χ1v) is 13.8. The van der Waals surface area contributed by atoms with E-state index in [0.717, 1.165) is 37.6 Å². The maximum Gasteiger partial charge on any atom is 0.319 e. The first-order chi connectivity index (χ1) is 17.7. The summed E-state index contributed by atoms with van der Waals surface area (Å²) in [6, 6.07) is 3.43. The molecule has 3 saturated heterocycles. The Morgan fingerprint density at radius 1 is 1.19 bits per heavy atom. The predicted molar refractivity (Wildman–Crippen MR) is 141 cm³/mol. The molecule has 37 heavy (non-hydrogen) atoms. The van der Waals surface area contributed by atoms with Gasteiger partial charge in [0.1, 0.15) is 9.83 Å². The van der Waals surface area contributed by atoms with Crippen molar-refractivity contribution in [3.63, 3.8) is 0 Å². The summed E-state index contributed by atoms with van der Waals surface area (Å²) in [6.45, 7) is 6.49. The highest BCUT2D eigenvalue weighted by molar-refractivity contribution is 7.23. The molecule has 1 unspecified atom stereocenters. The predicted octanol–water partition coefficient (Wildman–Crippen LogP) is 2.90. The number of thiophene rings is 1. The Balaban J connectivity index is 1.28. The number of pyridine rings is 1. The van der Waals surface area contributed by atoms with Crippen molar-refractivity contribution >= 4 is 50.3 Å². The Bertz CT molecular complexity index is 1240. The van der Waals surface area contributed by atoms with E-state index in [4.69, 9.17) is 0 Å². The number of hydrogen-bond donors (Lipinski definition) is 2. The third-order valence-electron chi connectivity index (χ3n) is 7.96. The summed E-state index contributed by atoms with van der Waals surface area (Å²) in [5, 5.41) is 6.56. The summed E-state index contributed by atoms with van der Waals surface area (Å²) in [5.41, 5.74) is -0.119. The molecule has 3 aliphatic rings. The Labute approximate surface area is 220 Å². The van der Waals surface area contributed by atoms with E-state index in [1.54, 1.807) is 12.3 Å². The maximum atomic E-state index is 13.7. The molecule has 198 valence electrons. The Morgan fingerprint density at radius 2 is 1.95 bits per heavy atom. The summed E-state index contributed by atoms with van der Waals surface area (Å²) in [7, 11) is 1.54. The topological polar surface area (TPSA) is 115 Å². The van der Waals surface area contributed by atoms with Crippen molar-refractivity contribution in [2.75, 3.05) is 38.5 Å². The van der Waals surface area contributed by atoms with Crippen LogP contribution in [0, 0.1) is 5.41 Å². The molecule has 1 atom stereocenters. The summed E-state index contributed by atoms with van der Waals surface area (Å²) in [4.78, 5) is 62.3. The molecule has 2 aromatic rings. The van der Waals surface area contributed by atoms with Crippen molar-refractivity contribution in [3.05, 3.63) is 23.9 Å². The Kier molecular flexibility index (Phi) is 6.93. The minimum Gasteiger partial charge on any atom is -0.341 e. The molecule has 3 fully saturated rings. The van der Waals surface area contributed by atoms with Crippen LogP contribution < -0.4 is 10.6 Å². The van der Waals surface area contributed by atoms with Gasteiger partial charge in [-0.2, -0.15) is 0 Å². The van der Waals surface area contributed by atoms with Crippen LogP contribution in [0.15, 0.2) is 18.3 Å². The molecule has 0 aromatic carbocycles. The average Bonchev–Trinajstić information content (AvgIpc) is 3.36. The third-order valence-corrected chi connectivity index (χ3v) is 8.98. The van der Waals surface area contributed by atoms with Gasteiger partial charge < -0.3 is 10.2 Å². The van der Waals surface area contributed by atoms with Crippen molar-refractivity contribution < 1.29 is 19.2 Å². The number of nitrogens with one attached hydrogen (secondary N) is 2. The standard InChI is InChI=1S/C26H34N6O4S/c1-16(2)32-19(33)14-26(24(32)35)9-5-11-31(15-26)17-7-12-30(13-8-17)23(34)20-18-6-4-10-28-21(18)37-22(20)29-25(36)27-3/h4,6,10,16-17H,5,7-9,11-15H2,1-3H3,(H2,27,29,36). The molecule has 5 amide bonds. The molecular formula is C26H34N6O4S. The number of hydrogen-bond acceptors (Lipinski definition) is 7. The Hall–Kier alpha value is -3.05. The second kappa shape index (κ2) is 10.0. The minimum absolute atomic E-state index is 0.0149. The van der Waals surface area contributed by atoms with Crippen molar-refractivity contribution in [2.45, 2.75) is 58.0 Å². The van der Waals surface area contributed by atoms with Crippen molar-refractivity contribution in [3.8, 4) is 0 Å². The molecule has 10 nitrogen and oxygen atoms in total. The van der Waals surface area contributed by atoms with Gasteiger partial charge in [-0.25, -0.2) is 9.78 Å². The van der Waals surface area contributed by atoms with Crippen LogP contribution in [0.1, 0.15) is 56.3 Å². The molecule has 2 aromatic heterocycles. The molecule has 11 heteroatoms. The summed E-state index contributed by atoms with van der Waals surface area (Å²) in [6.07, 6.45) is 5.24. The number of fused-ring (bicyclic) bond motifs is 1. The number of urea groups is 1. The van der Waals surface area contributed by atoms with Gasteiger partial charge in [0.05, 0.1) is 11.0 Å². The summed E-state index contributed by atoms with van der Waals surface area (Å²) in [5.74, 6) is -0.178. The first kappa shape index (κ1) is 25.6. The highest BCUT2D eigenvalue weighted by Gasteiger charge is 2.54. The van der Waals surface area contributed by atoms with E-state index in [1.807, 2.05) is 24.8 Å². The fraction of sp³-hybridized carbons (Fsp3) is 0.577.